The number of rotatable bonds is 10. The summed E-state index contributed by atoms with van der Waals surface area (Å²) >= 11 is 0. The molecule has 1 amide bonds. The number of aliphatic hydroxyl groups is 2. The van der Waals surface area contributed by atoms with Crippen LogP contribution in [0, 0.1) is 0 Å². The van der Waals surface area contributed by atoms with Crippen molar-refractivity contribution in [3.05, 3.63) is 0 Å². The van der Waals surface area contributed by atoms with Crippen LogP contribution in [-0.4, -0.2) is 78.9 Å². The van der Waals surface area contributed by atoms with Crippen LogP contribution in [0.2, 0.25) is 0 Å². The first-order valence-electron chi connectivity index (χ1n) is 6.03. The van der Waals surface area contributed by atoms with Gasteiger partial charge in [0, 0.05) is 39.6 Å². The predicted molar refractivity (Wildman–Crippen MR) is 66.5 cm³/mol. The molecule has 0 radical (unpaired) electrons. The highest BCUT2D eigenvalue weighted by atomic mass is 16.3. The Balaban J connectivity index is 3.85. The third-order valence-electron chi connectivity index (χ3n) is 2.60. The Hall–Kier alpha value is -0.690. The van der Waals surface area contributed by atoms with E-state index in [1.165, 1.54) is 0 Å². The molecule has 0 saturated heterocycles. The third-order valence-corrected chi connectivity index (χ3v) is 2.60. The number of hydrogen-bond acceptors (Lipinski definition) is 5. The van der Waals surface area contributed by atoms with Crippen molar-refractivity contribution in [1.29, 1.82) is 0 Å². The molecule has 6 nitrogen and oxygen atoms in total. The van der Waals surface area contributed by atoms with Crippen molar-refractivity contribution in [3.8, 4) is 0 Å². The van der Waals surface area contributed by atoms with E-state index in [2.05, 4.69) is 0 Å². The molecule has 0 aliphatic rings. The standard InChI is InChI=1S/C11H25N3O3/c1-13(5-2-4-12)11(17)3-6-14(7-9-15)8-10-16/h15-16H,2-10,12H2,1H3. The van der Waals surface area contributed by atoms with Crippen LogP contribution in [0.25, 0.3) is 0 Å². The summed E-state index contributed by atoms with van der Waals surface area (Å²) in [6, 6.07) is 0. The minimum absolute atomic E-state index is 0.0389. The third kappa shape index (κ3) is 8.09. The lowest BCUT2D eigenvalue weighted by Crippen LogP contribution is -2.35. The van der Waals surface area contributed by atoms with Gasteiger partial charge in [0.25, 0.3) is 0 Å². The Morgan fingerprint density at radius 3 is 2.18 bits per heavy atom. The minimum atomic E-state index is 0.0389. The number of nitrogens with two attached hydrogens (primary N) is 1. The summed E-state index contributed by atoms with van der Waals surface area (Å²) in [7, 11) is 1.76. The van der Waals surface area contributed by atoms with Crippen molar-refractivity contribution in [3.63, 3.8) is 0 Å². The van der Waals surface area contributed by atoms with Gasteiger partial charge in [-0.25, -0.2) is 0 Å². The van der Waals surface area contributed by atoms with Gasteiger partial charge in [0.1, 0.15) is 0 Å². The molecule has 0 aromatic carbocycles. The van der Waals surface area contributed by atoms with E-state index in [1.807, 2.05) is 4.90 Å². The van der Waals surface area contributed by atoms with Gasteiger partial charge in [-0.15, -0.1) is 0 Å². The average molecular weight is 247 g/mol. The molecule has 4 N–H and O–H groups in total. The highest BCUT2D eigenvalue weighted by molar-refractivity contribution is 5.76. The summed E-state index contributed by atoms with van der Waals surface area (Å²) in [4.78, 5) is 15.2. The van der Waals surface area contributed by atoms with Gasteiger partial charge >= 0.3 is 0 Å². The highest BCUT2D eigenvalue weighted by Gasteiger charge is 2.10. The van der Waals surface area contributed by atoms with Crippen LogP contribution < -0.4 is 5.73 Å². The van der Waals surface area contributed by atoms with Crippen molar-refractivity contribution < 1.29 is 15.0 Å². The number of aliphatic hydroxyl groups excluding tert-OH is 2. The van der Waals surface area contributed by atoms with Crippen LogP contribution >= 0.6 is 0 Å². The van der Waals surface area contributed by atoms with E-state index in [0.29, 0.717) is 39.1 Å². The maximum Gasteiger partial charge on any atom is 0.223 e. The second-order valence-corrected chi connectivity index (χ2v) is 4.00. The van der Waals surface area contributed by atoms with Crippen LogP contribution in [0.5, 0.6) is 0 Å². The lowest BCUT2D eigenvalue weighted by Gasteiger charge is -2.22. The summed E-state index contributed by atoms with van der Waals surface area (Å²) in [6.45, 7) is 2.87. The number of carbonyl (C=O) groups excluding carboxylic acids is 1. The summed E-state index contributed by atoms with van der Waals surface area (Å²) in [5.74, 6) is 0.0688. The molecule has 17 heavy (non-hydrogen) atoms. The zero-order valence-corrected chi connectivity index (χ0v) is 10.6. The van der Waals surface area contributed by atoms with E-state index in [-0.39, 0.29) is 19.1 Å². The molecular weight excluding hydrogens is 222 g/mol. The van der Waals surface area contributed by atoms with Crippen molar-refractivity contribution in [1.82, 2.24) is 9.80 Å². The van der Waals surface area contributed by atoms with Gasteiger partial charge in [-0.2, -0.15) is 0 Å². The highest BCUT2D eigenvalue weighted by Crippen LogP contribution is 1.96. The van der Waals surface area contributed by atoms with E-state index in [1.54, 1.807) is 11.9 Å². The number of amides is 1. The second kappa shape index (κ2) is 10.5. The topological polar surface area (TPSA) is 90.0 Å². The van der Waals surface area contributed by atoms with Crippen LogP contribution in [0.15, 0.2) is 0 Å². The first kappa shape index (κ1) is 16.3. The summed E-state index contributed by atoms with van der Waals surface area (Å²) in [5.41, 5.74) is 5.38. The Morgan fingerprint density at radius 2 is 1.71 bits per heavy atom. The Labute approximate surface area is 103 Å². The predicted octanol–water partition coefficient (Wildman–Crippen LogP) is -1.53. The van der Waals surface area contributed by atoms with Gasteiger partial charge in [0.05, 0.1) is 13.2 Å². The minimum Gasteiger partial charge on any atom is -0.395 e. The molecule has 0 aromatic heterocycles. The van der Waals surface area contributed by atoms with E-state index in [4.69, 9.17) is 15.9 Å². The Morgan fingerprint density at radius 1 is 1.12 bits per heavy atom. The average Bonchev–Trinajstić information content (AvgIpc) is 2.33. The maximum atomic E-state index is 11.7. The molecule has 0 bridgehead atoms. The van der Waals surface area contributed by atoms with Crippen molar-refractivity contribution in [2.75, 3.05) is 53.0 Å². The first-order valence-corrected chi connectivity index (χ1v) is 6.03. The van der Waals surface area contributed by atoms with Crippen molar-refractivity contribution in [2.45, 2.75) is 12.8 Å². The van der Waals surface area contributed by atoms with Crippen LogP contribution in [0.4, 0.5) is 0 Å². The molecular formula is C11H25N3O3. The van der Waals surface area contributed by atoms with E-state index in [0.717, 1.165) is 6.42 Å². The maximum absolute atomic E-state index is 11.7. The normalized spacial score (nSPS) is 10.9. The number of hydrogen-bond donors (Lipinski definition) is 3. The van der Waals surface area contributed by atoms with Gasteiger partial charge in [-0.05, 0) is 13.0 Å². The van der Waals surface area contributed by atoms with Gasteiger partial charge in [-0.1, -0.05) is 0 Å². The molecule has 0 fully saturated rings. The molecule has 0 rings (SSSR count). The quantitative estimate of drug-likeness (QED) is 0.436. The van der Waals surface area contributed by atoms with Gasteiger partial charge in [0.2, 0.25) is 5.91 Å². The molecule has 0 heterocycles. The molecule has 0 saturated carbocycles. The fraction of sp³-hybridized carbons (Fsp3) is 0.909. The van der Waals surface area contributed by atoms with Crippen LogP contribution in [0.3, 0.4) is 0 Å². The number of carbonyl (C=O) groups is 1. The molecule has 102 valence electrons. The smallest absolute Gasteiger partial charge is 0.223 e. The van der Waals surface area contributed by atoms with E-state index >= 15 is 0 Å². The van der Waals surface area contributed by atoms with Crippen molar-refractivity contribution in [2.24, 2.45) is 5.73 Å². The number of nitrogens with zero attached hydrogens (tertiary/aromatic N) is 2. The summed E-state index contributed by atoms with van der Waals surface area (Å²) < 4.78 is 0. The zero-order valence-electron chi connectivity index (χ0n) is 10.6. The monoisotopic (exact) mass is 247 g/mol. The molecule has 0 aliphatic carbocycles. The molecule has 0 aromatic rings. The second-order valence-electron chi connectivity index (χ2n) is 4.00. The van der Waals surface area contributed by atoms with Crippen LogP contribution in [0.1, 0.15) is 12.8 Å². The van der Waals surface area contributed by atoms with E-state index in [9.17, 15) is 4.79 Å². The largest absolute Gasteiger partial charge is 0.395 e. The fourth-order valence-corrected chi connectivity index (χ4v) is 1.52. The molecule has 0 atom stereocenters. The summed E-state index contributed by atoms with van der Waals surface area (Å²) in [6.07, 6.45) is 1.21. The Bertz CT molecular complexity index is 196. The van der Waals surface area contributed by atoms with Gasteiger partial charge < -0.3 is 20.8 Å². The Kier molecular flexibility index (Phi) is 10.0. The van der Waals surface area contributed by atoms with Gasteiger partial charge in [0.15, 0.2) is 0 Å². The van der Waals surface area contributed by atoms with E-state index < -0.39 is 0 Å². The van der Waals surface area contributed by atoms with Gasteiger partial charge in [-0.3, -0.25) is 9.69 Å². The molecule has 0 unspecified atom stereocenters. The summed E-state index contributed by atoms with van der Waals surface area (Å²) in [5, 5.41) is 17.6. The zero-order chi connectivity index (χ0) is 13.1. The molecule has 0 aliphatic heterocycles. The molecule has 6 heteroatoms. The lowest BCUT2D eigenvalue weighted by molar-refractivity contribution is -0.130. The first-order chi connectivity index (χ1) is 8.15. The van der Waals surface area contributed by atoms with Crippen LogP contribution in [-0.2, 0) is 4.79 Å². The van der Waals surface area contributed by atoms with Crippen molar-refractivity contribution >= 4 is 5.91 Å². The molecule has 0 spiro atoms. The fourth-order valence-electron chi connectivity index (χ4n) is 1.52. The SMILES string of the molecule is CN(CCCN)C(=O)CCN(CCO)CCO. The lowest BCUT2D eigenvalue weighted by atomic mass is 10.3.